The molecule has 0 aromatic heterocycles. The van der Waals surface area contributed by atoms with Crippen molar-refractivity contribution < 1.29 is 0 Å². The molecule has 1 aliphatic rings. The smallest absolute Gasteiger partial charge is 0.0779 e. The summed E-state index contributed by atoms with van der Waals surface area (Å²) in [6.45, 7) is 4.42. The van der Waals surface area contributed by atoms with Crippen molar-refractivity contribution in [1.82, 2.24) is 0 Å². The van der Waals surface area contributed by atoms with E-state index in [-0.39, 0.29) is 5.54 Å². The molecule has 0 heterocycles. The van der Waals surface area contributed by atoms with E-state index in [9.17, 15) is 0 Å². The lowest BCUT2D eigenvalue weighted by atomic mass is 9.83. The molecule has 2 heteroatoms. The van der Waals surface area contributed by atoms with E-state index < -0.39 is 0 Å². The number of fused-ring (bicyclic) bond motifs is 1. The Balaban J connectivity index is 1.86. The van der Waals surface area contributed by atoms with Gasteiger partial charge in [0.25, 0.3) is 0 Å². The molecular formula is C27H28ClN. The van der Waals surface area contributed by atoms with Gasteiger partial charge in [-0.3, -0.25) is 0 Å². The zero-order valence-electron chi connectivity index (χ0n) is 17.3. The summed E-state index contributed by atoms with van der Waals surface area (Å²) >= 11 is 6.15. The van der Waals surface area contributed by atoms with Gasteiger partial charge < -0.3 is 5.73 Å². The molecule has 0 unspecified atom stereocenters. The first-order valence-corrected chi connectivity index (χ1v) is 11.0. The summed E-state index contributed by atoms with van der Waals surface area (Å²) in [5.41, 5.74) is 12.4. The van der Waals surface area contributed by atoms with Crippen LogP contribution in [0.15, 0.2) is 48.5 Å². The predicted octanol–water partition coefficient (Wildman–Crippen LogP) is 7.04. The molecule has 148 valence electrons. The summed E-state index contributed by atoms with van der Waals surface area (Å²) in [7, 11) is 0. The Morgan fingerprint density at radius 1 is 1.00 bits per heavy atom. The predicted molar refractivity (Wildman–Crippen MR) is 125 cm³/mol. The molecule has 0 bridgehead atoms. The van der Waals surface area contributed by atoms with Crippen molar-refractivity contribution in [2.75, 3.05) is 0 Å². The Hall–Kier alpha value is -2.27. The third kappa shape index (κ3) is 4.20. The van der Waals surface area contributed by atoms with Gasteiger partial charge >= 0.3 is 0 Å². The Morgan fingerprint density at radius 2 is 1.72 bits per heavy atom. The Morgan fingerprint density at radius 3 is 2.41 bits per heavy atom. The van der Waals surface area contributed by atoms with E-state index in [2.05, 4.69) is 62.1 Å². The lowest BCUT2D eigenvalue weighted by Gasteiger charge is -2.27. The van der Waals surface area contributed by atoms with Gasteiger partial charge in [0.15, 0.2) is 0 Å². The van der Waals surface area contributed by atoms with Gasteiger partial charge in [0, 0.05) is 10.6 Å². The maximum absolute atomic E-state index is 6.53. The SMILES string of the molecule is CCc1c(C)cc2ccc(C#CC3(N)CCCCC3)cc2c1-c1ccc(Cl)cc1. The molecule has 0 saturated heterocycles. The van der Waals surface area contributed by atoms with Crippen LogP contribution in [-0.4, -0.2) is 5.54 Å². The number of nitrogens with two attached hydrogens (primary N) is 1. The molecule has 1 fully saturated rings. The molecule has 3 aromatic carbocycles. The van der Waals surface area contributed by atoms with Crippen molar-refractivity contribution in [3.05, 3.63) is 70.2 Å². The van der Waals surface area contributed by atoms with Crippen LogP contribution in [0.3, 0.4) is 0 Å². The largest absolute Gasteiger partial charge is 0.315 e. The lowest BCUT2D eigenvalue weighted by Crippen LogP contribution is -2.40. The van der Waals surface area contributed by atoms with Gasteiger partial charge in [-0.15, -0.1) is 0 Å². The fourth-order valence-electron chi connectivity index (χ4n) is 4.56. The molecule has 0 radical (unpaired) electrons. The minimum Gasteiger partial charge on any atom is -0.315 e. The van der Waals surface area contributed by atoms with E-state index in [0.29, 0.717) is 0 Å². The molecule has 0 atom stereocenters. The van der Waals surface area contributed by atoms with Gasteiger partial charge in [-0.25, -0.2) is 0 Å². The second-order valence-electron chi connectivity index (χ2n) is 8.31. The lowest BCUT2D eigenvalue weighted by molar-refractivity contribution is 0.370. The maximum Gasteiger partial charge on any atom is 0.0779 e. The van der Waals surface area contributed by atoms with Crippen molar-refractivity contribution in [3.8, 4) is 23.0 Å². The van der Waals surface area contributed by atoms with Gasteiger partial charge in [0.2, 0.25) is 0 Å². The first-order chi connectivity index (χ1) is 14.0. The quantitative estimate of drug-likeness (QED) is 0.457. The van der Waals surface area contributed by atoms with E-state index in [0.717, 1.165) is 29.8 Å². The summed E-state index contributed by atoms with van der Waals surface area (Å²) in [5.74, 6) is 6.79. The van der Waals surface area contributed by atoms with Crippen molar-refractivity contribution in [2.24, 2.45) is 5.73 Å². The van der Waals surface area contributed by atoms with Crippen LogP contribution in [-0.2, 0) is 6.42 Å². The highest BCUT2D eigenvalue weighted by molar-refractivity contribution is 6.30. The van der Waals surface area contributed by atoms with Crippen molar-refractivity contribution in [1.29, 1.82) is 0 Å². The standard InChI is InChI=1S/C27H28ClN/c1-3-24-19(2)17-22-8-7-20(13-16-27(29)14-5-4-6-15-27)18-25(22)26(24)21-9-11-23(28)12-10-21/h7-12,17-18H,3-6,14-15,29H2,1-2H3. The average Bonchev–Trinajstić information content (AvgIpc) is 2.73. The zero-order chi connectivity index (χ0) is 20.4. The monoisotopic (exact) mass is 401 g/mol. The fourth-order valence-corrected chi connectivity index (χ4v) is 4.69. The van der Waals surface area contributed by atoms with Gasteiger partial charge in [0.05, 0.1) is 5.54 Å². The van der Waals surface area contributed by atoms with Crippen molar-refractivity contribution in [3.63, 3.8) is 0 Å². The summed E-state index contributed by atoms with van der Waals surface area (Å²) in [6, 6.07) is 17.0. The van der Waals surface area contributed by atoms with Gasteiger partial charge in [-0.2, -0.15) is 0 Å². The normalized spacial score (nSPS) is 15.7. The highest BCUT2D eigenvalue weighted by atomic mass is 35.5. The fraction of sp³-hybridized carbons (Fsp3) is 0.333. The second-order valence-corrected chi connectivity index (χ2v) is 8.75. The van der Waals surface area contributed by atoms with Crippen molar-refractivity contribution >= 4 is 22.4 Å². The minimum atomic E-state index is -0.325. The highest BCUT2D eigenvalue weighted by Gasteiger charge is 2.24. The van der Waals surface area contributed by atoms with Gasteiger partial charge in [0.1, 0.15) is 0 Å². The van der Waals surface area contributed by atoms with E-state index in [4.69, 9.17) is 17.3 Å². The molecule has 29 heavy (non-hydrogen) atoms. The number of aryl methyl sites for hydroxylation is 1. The van der Waals surface area contributed by atoms with Crippen LogP contribution in [0.1, 0.15) is 55.7 Å². The Bertz CT molecular complexity index is 1090. The van der Waals surface area contributed by atoms with Crippen LogP contribution in [0.4, 0.5) is 0 Å². The van der Waals surface area contributed by atoms with Crippen LogP contribution in [0, 0.1) is 18.8 Å². The first kappa shape index (κ1) is 20.0. The molecule has 2 N–H and O–H groups in total. The first-order valence-electron chi connectivity index (χ1n) is 10.6. The number of rotatable bonds is 2. The molecule has 0 aliphatic heterocycles. The van der Waals surface area contributed by atoms with Gasteiger partial charge in [-0.1, -0.05) is 73.9 Å². The van der Waals surface area contributed by atoms with E-state index in [1.807, 2.05) is 12.1 Å². The molecule has 1 saturated carbocycles. The van der Waals surface area contributed by atoms with Crippen molar-refractivity contribution in [2.45, 2.75) is 57.9 Å². The molecule has 0 spiro atoms. The van der Waals surface area contributed by atoms with Crippen LogP contribution < -0.4 is 5.73 Å². The van der Waals surface area contributed by atoms with Crippen LogP contribution in [0.5, 0.6) is 0 Å². The zero-order valence-corrected chi connectivity index (χ0v) is 18.1. The topological polar surface area (TPSA) is 26.0 Å². The number of hydrogen-bond acceptors (Lipinski definition) is 1. The molecular weight excluding hydrogens is 374 g/mol. The Labute approximate surface area is 179 Å². The average molecular weight is 402 g/mol. The maximum atomic E-state index is 6.53. The summed E-state index contributed by atoms with van der Waals surface area (Å²) in [6.07, 6.45) is 6.64. The van der Waals surface area contributed by atoms with Crippen LogP contribution in [0.2, 0.25) is 5.02 Å². The second kappa shape index (κ2) is 8.23. The van der Waals surface area contributed by atoms with E-state index in [1.54, 1.807) is 0 Å². The minimum absolute atomic E-state index is 0.325. The summed E-state index contributed by atoms with van der Waals surface area (Å²) < 4.78 is 0. The molecule has 1 nitrogen and oxygen atoms in total. The molecule has 1 aliphatic carbocycles. The number of hydrogen-bond donors (Lipinski definition) is 1. The van der Waals surface area contributed by atoms with E-state index in [1.165, 1.54) is 52.3 Å². The van der Waals surface area contributed by atoms with Crippen LogP contribution >= 0.6 is 11.6 Å². The summed E-state index contributed by atoms with van der Waals surface area (Å²) in [4.78, 5) is 0. The van der Waals surface area contributed by atoms with Crippen LogP contribution in [0.25, 0.3) is 21.9 Å². The van der Waals surface area contributed by atoms with E-state index >= 15 is 0 Å². The summed E-state index contributed by atoms with van der Waals surface area (Å²) in [5, 5.41) is 3.25. The molecule has 0 amide bonds. The molecule has 3 aromatic rings. The number of benzene rings is 3. The molecule has 4 rings (SSSR count). The van der Waals surface area contributed by atoms with Gasteiger partial charge in [-0.05, 0) is 83.5 Å². The number of halogens is 1. The third-order valence-electron chi connectivity index (χ3n) is 6.16. The highest BCUT2D eigenvalue weighted by Crippen LogP contribution is 2.36. The Kier molecular flexibility index (Phi) is 5.68. The third-order valence-corrected chi connectivity index (χ3v) is 6.41.